The maximum atomic E-state index is 13.1. The molecule has 1 aliphatic carbocycles. The summed E-state index contributed by atoms with van der Waals surface area (Å²) in [5.74, 6) is 0.488. The van der Waals surface area contributed by atoms with Crippen molar-refractivity contribution in [1.82, 2.24) is 20.6 Å². The number of amides is 2. The monoisotopic (exact) mass is 418 g/mol. The second-order valence-electron chi connectivity index (χ2n) is 8.66. The fourth-order valence-electron chi connectivity index (χ4n) is 4.36. The molecular weight excluding hydrogens is 388 g/mol. The van der Waals surface area contributed by atoms with Crippen molar-refractivity contribution in [2.45, 2.75) is 51.6 Å². The lowest BCUT2D eigenvalue weighted by Crippen LogP contribution is -2.49. The molecule has 2 heterocycles. The van der Waals surface area contributed by atoms with Gasteiger partial charge in [-0.05, 0) is 54.9 Å². The summed E-state index contributed by atoms with van der Waals surface area (Å²) in [7, 11) is 0. The van der Waals surface area contributed by atoms with Crippen LogP contribution in [-0.4, -0.2) is 27.8 Å². The normalized spacial score (nSPS) is 19.6. The fraction of sp³-hybridized carbons (Fsp3) is 0.400. The predicted molar refractivity (Wildman–Crippen MR) is 121 cm³/mol. The minimum Gasteiger partial charge on any atom is -0.361 e. The van der Waals surface area contributed by atoms with E-state index in [-0.39, 0.29) is 17.7 Å². The summed E-state index contributed by atoms with van der Waals surface area (Å²) in [6.45, 7) is 2.62. The molecule has 0 aliphatic heterocycles. The van der Waals surface area contributed by atoms with Gasteiger partial charge in [0.1, 0.15) is 6.04 Å². The lowest BCUT2D eigenvalue weighted by molar-refractivity contribution is -0.132. The van der Waals surface area contributed by atoms with Crippen LogP contribution in [0.25, 0.3) is 10.9 Å². The Kier molecular flexibility index (Phi) is 6.65. The highest BCUT2D eigenvalue weighted by molar-refractivity contribution is 5.90. The SMILES string of the molecule is CC1CCC(C(=O)N[C@H](Cc2c[nH]c3ccccc23)C(=O)NCc2cccnc2)CC1. The maximum absolute atomic E-state index is 13.1. The van der Waals surface area contributed by atoms with Crippen LogP contribution in [0.5, 0.6) is 0 Å². The molecule has 1 atom stereocenters. The second-order valence-corrected chi connectivity index (χ2v) is 8.66. The number of rotatable bonds is 7. The van der Waals surface area contributed by atoms with Gasteiger partial charge in [-0.3, -0.25) is 14.6 Å². The highest BCUT2D eigenvalue weighted by atomic mass is 16.2. The molecule has 0 spiro atoms. The lowest BCUT2D eigenvalue weighted by Gasteiger charge is -2.27. The van der Waals surface area contributed by atoms with E-state index in [4.69, 9.17) is 0 Å². The quantitative estimate of drug-likeness (QED) is 0.546. The second kappa shape index (κ2) is 9.77. The summed E-state index contributed by atoms with van der Waals surface area (Å²) in [4.78, 5) is 33.4. The van der Waals surface area contributed by atoms with Gasteiger partial charge < -0.3 is 15.6 Å². The molecule has 6 heteroatoms. The zero-order valence-electron chi connectivity index (χ0n) is 17.9. The number of para-hydroxylation sites is 1. The van der Waals surface area contributed by atoms with Crippen LogP contribution in [-0.2, 0) is 22.6 Å². The predicted octanol–water partition coefficient (Wildman–Crippen LogP) is 3.73. The number of benzene rings is 1. The van der Waals surface area contributed by atoms with Crippen molar-refractivity contribution in [2.24, 2.45) is 11.8 Å². The molecule has 0 bridgehead atoms. The highest BCUT2D eigenvalue weighted by Gasteiger charge is 2.29. The average molecular weight is 419 g/mol. The molecule has 162 valence electrons. The molecule has 1 aliphatic rings. The van der Waals surface area contributed by atoms with E-state index in [9.17, 15) is 9.59 Å². The molecule has 2 amide bonds. The molecule has 4 rings (SSSR count). The number of pyridine rings is 1. The topological polar surface area (TPSA) is 86.9 Å². The van der Waals surface area contributed by atoms with Crippen molar-refractivity contribution < 1.29 is 9.59 Å². The van der Waals surface area contributed by atoms with Crippen molar-refractivity contribution in [1.29, 1.82) is 0 Å². The summed E-state index contributed by atoms with van der Waals surface area (Å²) in [6, 6.07) is 11.2. The van der Waals surface area contributed by atoms with Gasteiger partial charge in [-0.2, -0.15) is 0 Å². The van der Waals surface area contributed by atoms with Crippen LogP contribution in [0.15, 0.2) is 55.0 Å². The Hall–Kier alpha value is -3.15. The van der Waals surface area contributed by atoms with Crippen molar-refractivity contribution in [3.63, 3.8) is 0 Å². The minimum atomic E-state index is -0.622. The Bertz CT molecular complexity index is 1020. The third kappa shape index (κ3) is 5.32. The molecule has 31 heavy (non-hydrogen) atoms. The van der Waals surface area contributed by atoms with Crippen LogP contribution in [0.1, 0.15) is 43.7 Å². The first-order valence-corrected chi connectivity index (χ1v) is 11.1. The van der Waals surface area contributed by atoms with Crippen LogP contribution in [0.2, 0.25) is 0 Å². The number of nitrogens with zero attached hydrogens (tertiary/aromatic N) is 1. The number of hydrogen-bond acceptors (Lipinski definition) is 3. The van der Waals surface area contributed by atoms with Gasteiger partial charge in [0.05, 0.1) is 0 Å². The fourth-order valence-corrected chi connectivity index (χ4v) is 4.36. The minimum absolute atomic E-state index is 0.00623. The van der Waals surface area contributed by atoms with Gasteiger partial charge in [-0.25, -0.2) is 0 Å². The zero-order chi connectivity index (χ0) is 21.6. The van der Waals surface area contributed by atoms with Gasteiger partial charge in [-0.1, -0.05) is 31.2 Å². The van der Waals surface area contributed by atoms with E-state index >= 15 is 0 Å². The molecule has 3 aromatic rings. The number of aromatic amines is 1. The van der Waals surface area contributed by atoms with Crippen molar-refractivity contribution in [3.8, 4) is 0 Å². The first-order valence-electron chi connectivity index (χ1n) is 11.1. The molecule has 1 saturated carbocycles. The average Bonchev–Trinajstić information content (AvgIpc) is 3.21. The molecule has 0 unspecified atom stereocenters. The van der Waals surface area contributed by atoms with E-state index in [0.717, 1.165) is 47.7 Å². The number of carbonyl (C=O) groups is 2. The number of nitrogens with one attached hydrogen (secondary N) is 3. The van der Waals surface area contributed by atoms with Gasteiger partial charge in [0.25, 0.3) is 0 Å². The summed E-state index contributed by atoms with van der Waals surface area (Å²) in [5, 5.41) is 7.11. The number of H-pyrrole nitrogens is 1. The van der Waals surface area contributed by atoms with Gasteiger partial charge in [0.15, 0.2) is 0 Å². The third-order valence-corrected chi connectivity index (χ3v) is 6.31. The van der Waals surface area contributed by atoms with Crippen LogP contribution >= 0.6 is 0 Å². The van der Waals surface area contributed by atoms with E-state index in [2.05, 4.69) is 27.5 Å². The van der Waals surface area contributed by atoms with Crippen molar-refractivity contribution >= 4 is 22.7 Å². The van der Waals surface area contributed by atoms with Crippen LogP contribution in [0, 0.1) is 11.8 Å². The van der Waals surface area contributed by atoms with Crippen LogP contribution < -0.4 is 10.6 Å². The molecule has 0 radical (unpaired) electrons. The summed E-state index contributed by atoms with van der Waals surface area (Å²) in [5.41, 5.74) is 2.98. The lowest BCUT2D eigenvalue weighted by atomic mass is 9.82. The number of carbonyl (C=O) groups excluding carboxylic acids is 2. The van der Waals surface area contributed by atoms with Crippen LogP contribution in [0.4, 0.5) is 0 Å². The molecule has 0 saturated heterocycles. The Morgan fingerprint density at radius 2 is 1.94 bits per heavy atom. The summed E-state index contributed by atoms with van der Waals surface area (Å²) in [6.07, 6.45) is 9.73. The third-order valence-electron chi connectivity index (χ3n) is 6.31. The smallest absolute Gasteiger partial charge is 0.243 e. The molecule has 1 fully saturated rings. The molecule has 3 N–H and O–H groups in total. The molecule has 6 nitrogen and oxygen atoms in total. The molecule has 2 aromatic heterocycles. The maximum Gasteiger partial charge on any atom is 0.243 e. The Balaban J connectivity index is 1.48. The van der Waals surface area contributed by atoms with Crippen molar-refractivity contribution in [3.05, 3.63) is 66.1 Å². The first-order chi connectivity index (χ1) is 15.1. The number of aromatic nitrogens is 2. The van der Waals surface area contributed by atoms with Gasteiger partial charge in [0, 0.05) is 48.4 Å². The standard InChI is InChI=1S/C25H30N4O2/c1-17-8-10-19(11-9-17)24(30)29-23(25(31)28-15-18-5-4-12-26-14-18)13-20-16-27-22-7-3-2-6-21(20)22/h2-7,12,14,16-17,19,23,27H,8-11,13,15H2,1H3,(H,28,31)(H,29,30)/t17?,19?,23-/m1/s1. The van der Waals surface area contributed by atoms with E-state index in [1.165, 1.54) is 0 Å². The summed E-state index contributed by atoms with van der Waals surface area (Å²) >= 11 is 0. The van der Waals surface area contributed by atoms with E-state index in [1.54, 1.807) is 12.4 Å². The molecule has 1 aromatic carbocycles. The highest BCUT2D eigenvalue weighted by Crippen LogP contribution is 2.28. The van der Waals surface area contributed by atoms with Gasteiger partial charge in [-0.15, -0.1) is 0 Å². The summed E-state index contributed by atoms with van der Waals surface area (Å²) < 4.78 is 0. The Labute approximate surface area is 182 Å². The Morgan fingerprint density at radius 1 is 1.13 bits per heavy atom. The van der Waals surface area contributed by atoms with E-state index in [0.29, 0.717) is 18.9 Å². The first kappa shape index (κ1) is 21.1. The zero-order valence-corrected chi connectivity index (χ0v) is 17.9. The number of fused-ring (bicyclic) bond motifs is 1. The van der Waals surface area contributed by atoms with E-state index < -0.39 is 6.04 Å². The largest absolute Gasteiger partial charge is 0.361 e. The Morgan fingerprint density at radius 3 is 2.71 bits per heavy atom. The molecular formula is C25H30N4O2. The van der Waals surface area contributed by atoms with E-state index in [1.807, 2.05) is 42.6 Å². The van der Waals surface area contributed by atoms with Crippen LogP contribution in [0.3, 0.4) is 0 Å². The van der Waals surface area contributed by atoms with Gasteiger partial charge in [0.2, 0.25) is 11.8 Å². The van der Waals surface area contributed by atoms with Gasteiger partial charge >= 0.3 is 0 Å². The van der Waals surface area contributed by atoms with Crippen molar-refractivity contribution in [2.75, 3.05) is 0 Å². The number of hydrogen-bond donors (Lipinski definition) is 3.